The summed E-state index contributed by atoms with van der Waals surface area (Å²) in [6.07, 6.45) is 0. The van der Waals surface area contributed by atoms with Gasteiger partial charge in [-0.1, -0.05) is 54.6 Å². The lowest BCUT2D eigenvalue weighted by atomic mass is 9.90. The van der Waals surface area contributed by atoms with Gasteiger partial charge in [0.2, 0.25) is 0 Å². The number of hydrogen-bond donors (Lipinski definition) is 0. The fraction of sp³-hybridized carbons (Fsp3) is 0.0909. The number of rotatable bonds is 0. The molecule has 0 heteroatoms. The van der Waals surface area contributed by atoms with Crippen LogP contribution in [0.2, 0.25) is 0 Å². The molecular formula is C22H16. The molecule has 0 aliphatic carbocycles. The molecule has 0 N–H and O–H groups in total. The van der Waals surface area contributed by atoms with Crippen LogP contribution < -0.4 is 0 Å². The van der Waals surface area contributed by atoms with E-state index in [0.29, 0.717) is 0 Å². The highest BCUT2D eigenvalue weighted by atomic mass is 14.1. The average molecular weight is 280 g/mol. The molecule has 0 aliphatic rings. The summed E-state index contributed by atoms with van der Waals surface area (Å²) in [6, 6.07) is 22.6. The first-order chi connectivity index (χ1) is 10.7. The van der Waals surface area contributed by atoms with Crippen LogP contribution in [-0.2, 0) is 0 Å². The number of fused-ring (bicyclic) bond motifs is 2. The van der Waals surface area contributed by atoms with E-state index in [1.807, 2.05) is 0 Å². The molecule has 0 amide bonds. The first-order valence-corrected chi connectivity index (χ1v) is 7.80. The van der Waals surface area contributed by atoms with Crippen LogP contribution in [-0.4, -0.2) is 0 Å². The molecule has 0 saturated heterocycles. The van der Waals surface area contributed by atoms with E-state index in [1.165, 1.54) is 54.2 Å². The van der Waals surface area contributed by atoms with Crippen molar-refractivity contribution in [1.29, 1.82) is 0 Å². The highest BCUT2D eigenvalue weighted by Crippen LogP contribution is 2.38. The summed E-state index contributed by atoms with van der Waals surface area (Å²) in [5, 5.41) is 10.9. The third kappa shape index (κ3) is 1.42. The molecule has 0 saturated carbocycles. The Balaban J connectivity index is 2.16. The normalized spacial score (nSPS) is 12.1. The highest BCUT2D eigenvalue weighted by Gasteiger charge is 2.11. The lowest BCUT2D eigenvalue weighted by molar-refractivity contribution is 1.37. The fourth-order valence-electron chi connectivity index (χ4n) is 3.81. The summed E-state index contributed by atoms with van der Waals surface area (Å²) in [5.41, 5.74) is 2.72. The van der Waals surface area contributed by atoms with Crippen molar-refractivity contribution >= 4 is 43.1 Å². The van der Waals surface area contributed by atoms with Gasteiger partial charge in [0, 0.05) is 0 Å². The van der Waals surface area contributed by atoms with Crippen LogP contribution in [0.5, 0.6) is 0 Å². The summed E-state index contributed by atoms with van der Waals surface area (Å²) < 4.78 is 0. The standard InChI is InChI=1S/C22H16/c1-13-10-18-12-17-7-6-15-4-3-5-16-8-9-19(22(17)21(15)16)20(18)11-14(13)2/h3-12H,1-2H3. The molecule has 0 spiro atoms. The van der Waals surface area contributed by atoms with E-state index in [2.05, 4.69) is 74.5 Å². The first kappa shape index (κ1) is 12.0. The minimum Gasteiger partial charge on any atom is -0.0610 e. The van der Waals surface area contributed by atoms with E-state index in [4.69, 9.17) is 0 Å². The SMILES string of the molecule is Cc1cc2cc3ccc4cccc5ccc(c2cc1C)c3c45. The molecule has 0 aromatic heterocycles. The first-order valence-electron chi connectivity index (χ1n) is 7.80. The third-order valence-corrected chi connectivity index (χ3v) is 5.08. The molecule has 104 valence electrons. The van der Waals surface area contributed by atoms with Gasteiger partial charge in [0.25, 0.3) is 0 Å². The molecule has 0 heterocycles. The van der Waals surface area contributed by atoms with Crippen LogP contribution in [0.15, 0.2) is 60.7 Å². The van der Waals surface area contributed by atoms with Gasteiger partial charge in [0.15, 0.2) is 0 Å². The molecule has 5 aromatic rings. The van der Waals surface area contributed by atoms with E-state index < -0.39 is 0 Å². The Kier molecular flexibility index (Phi) is 2.17. The second-order valence-corrected chi connectivity index (χ2v) is 6.39. The Hall–Kier alpha value is -2.60. The Morgan fingerprint density at radius 2 is 1.18 bits per heavy atom. The van der Waals surface area contributed by atoms with E-state index in [1.54, 1.807) is 0 Å². The molecule has 0 aliphatic heterocycles. The summed E-state index contributed by atoms with van der Waals surface area (Å²) >= 11 is 0. The zero-order valence-corrected chi connectivity index (χ0v) is 12.8. The number of benzene rings is 5. The van der Waals surface area contributed by atoms with Crippen molar-refractivity contribution < 1.29 is 0 Å². The van der Waals surface area contributed by atoms with E-state index >= 15 is 0 Å². The smallest absolute Gasteiger partial charge is 0.00203 e. The monoisotopic (exact) mass is 280 g/mol. The van der Waals surface area contributed by atoms with E-state index in [0.717, 1.165) is 0 Å². The van der Waals surface area contributed by atoms with Crippen molar-refractivity contribution in [2.45, 2.75) is 13.8 Å². The average Bonchev–Trinajstić information content (AvgIpc) is 2.54. The highest BCUT2D eigenvalue weighted by molar-refractivity contribution is 6.28. The van der Waals surface area contributed by atoms with E-state index in [9.17, 15) is 0 Å². The third-order valence-electron chi connectivity index (χ3n) is 5.08. The number of hydrogen-bond acceptors (Lipinski definition) is 0. The van der Waals surface area contributed by atoms with Gasteiger partial charge < -0.3 is 0 Å². The predicted octanol–water partition coefficient (Wildman–Crippen LogP) is 6.35. The summed E-state index contributed by atoms with van der Waals surface area (Å²) in [7, 11) is 0. The molecule has 22 heavy (non-hydrogen) atoms. The Labute approximate surface area is 129 Å². The maximum atomic E-state index is 2.34. The number of aryl methyl sites for hydroxylation is 2. The second kappa shape index (κ2) is 3.98. The summed E-state index contributed by atoms with van der Waals surface area (Å²) in [4.78, 5) is 0. The van der Waals surface area contributed by atoms with Crippen molar-refractivity contribution in [3.63, 3.8) is 0 Å². The Morgan fingerprint density at radius 1 is 0.500 bits per heavy atom. The predicted molar refractivity (Wildman–Crippen MR) is 97.1 cm³/mol. The fourth-order valence-corrected chi connectivity index (χ4v) is 3.81. The van der Waals surface area contributed by atoms with Crippen LogP contribution >= 0.6 is 0 Å². The zero-order chi connectivity index (χ0) is 14.8. The maximum absolute atomic E-state index is 2.34. The van der Waals surface area contributed by atoms with Gasteiger partial charge >= 0.3 is 0 Å². The van der Waals surface area contributed by atoms with Gasteiger partial charge in [-0.15, -0.1) is 0 Å². The molecule has 0 atom stereocenters. The molecule has 0 fully saturated rings. The second-order valence-electron chi connectivity index (χ2n) is 6.39. The van der Waals surface area contributed by atoms with Gasteiger partial charge in [-0.05, 0) is 74.1 Å². The van der Waals surface area contributed by atoms with Gasteiger partial charge in [0.1, 0.15) is 0 Å². The zero-order valence-electron chi connectivity index (χ0n) is 12.8. The minimum absolute atomic E-state index is 1.33. The van der Waals surface area contributed by atoms with Crippen LogP contribution in [0.3, 0.4) is 0 Å². The Bertz CT molecular complexity index is 1160. The van der Waals surface area contributed by atoms with Crippen molar-refractivity contribution in [2.75, 3.05) is 0 Å². The van der Waals surface area contributed by atoms with Gasteiger partial charge in [0.05, 0.1) is 0 Å². The van der Waals surface area contributed by atoms with Crippen molar-refractivity contribution in [3.8, 4) is 0 Å². The van der Waals surface area contributed by atoms with Gasteiger partial charge in [-0.2, -0.15) is 0 Å². The molecular weight excluding hydrogens is 264 g/mol. The molecule has 0 unspecified atom stereocenters. The lowest BCUT2D eigenvalue weighted by Gasteiger charge is -2.14. The Morgan fingerprint density at radius 3 is 2.00 bits per heavy atom. The molecule has 5 aromatic carbocycles. The van der Waals surface area contributed by atoms with Crippen molar-refractivity contribution in [2.24, 2.45) is 0 Å². The molecule has 0 bridgehead atoms. The molecule has 5 rings (SSSR count). The molecule has 0 nitrogen and oxygen atoms in total. The maximum Gasteiger partial charge on any atom is -0.00203 e. The van der Waals surface area contributed by atoms with Crippen LogP contribution in [0.1, 0.15) is 11.1 Å². The van der Waals surface area contributed by atoms with E-state index in [-0.39, 0.29) is 0 Å². The van der Waals surface area contributed by atoms with Crippen LogP contribution in [0.25, 0.3) is 43.1 Å². The molecule has 0 radical (unpaired) electrons. The summed E-state index contributed by atoms with van der Waals surface area (Å²) in [6.45, 7) is 4.39. The van der Waals surface area contributed by atoms with Crippen LogP contribution in [0.4, 0.5) is 0 Å². The van der Waals surface area contributed by atoms with Gasteiger partial charge in [-0.25, -0.2) is 0 Å². The lowest BCUT2D eigenvalue weighted by Crippen LogP contribution is -1.87. The van der Waals surface area contributed by atoms with Crippen LogP contribution in [0, 0.1) is 13.8 Å². The topological polar surface area (TPSA) is 0 Å². The van der Waals surface area contributed by atoms with Crippen molar-refractivity contribution in [3.05, 3.63) is 71.8 Å². The summed E-state index contributed by atoms with van der Waals surface area (Å²) in [5.74, 6) is 0. The van der Waals surface area contributed by atoms with Crippen molar-refractivity contribution in [1.82, 2.24) is 0 Å². The quantitative estimate of drug-likeness (QED) is 0.229. The minimum atomic E-state index is 1.33. The van der Waals surface area contributed by atoms with Gasteiger partial charge in [-0.3, -0.25) is 0 Å². The largest absolute Gasteiger partial charge is 0.0610 e.